The summed E-state index contributed by atoms with van der Waals surface area (Å²) < 4.78 is 40.2. The molecule has 0 atom stereocenters. The summed E-state index contributed by atoms with van der Waals surface area (Å²) in [7, 11) is 0. The van der Waals surface area contributed by atoms with Crippen molar-refractivity contribution in [1.82, 2.24) is 29.4 Å². The standard InChI is InChI=1S/C24H27F3N8O/c1-17-28-6-9-35(17)22-14-21(30-16-31-22)32-7-4-18(5-8-32)23(36)34-12-10-33(11-13-34)20-3-2-19(15-29-20)24(25,26)27/h2-3,6,9,14-16,18H,4-5,7-8,10-13H2,1H3. The van der Waals surface area contributed by atoms with Crippen LogP contribution >= 0.6 is 0 Å². The maximum absolute atomic E-state index is 13.2. The average molecular weight is 501 g/mol. The fourth-order valence-corrected chi connectivity index (χ4v) is 4.77. The van der Waals surface area contributed by atoms with Crippen LogP contribution in [0.4, 0.5) is 24.8 Å². The molecule has 3 aromatic rings. The quantitative estimate of drug-likeness (QED) is 0.545. The molecule has 3 aromatic heterocycles. The summed E-state index contributed by atoms with van der Waals surface area (Å²) in [5.41, 5.74) is -0.763. The minimum atomic E-state index is -4.40. The van der Waals surface area contributed by atoms with E-state index in [0.29, 0.717) is 32.0 Å². The molecule has 0 aromatic carbocycles. The Morgan fingerprint density at radius 2 is 1.58 bits per heavy atom. The second-order valence-corrected chi connectivity index (χ2v) is 9.06. The molecule has 0 spiro atoms. The summed E-state index contributed by atoms with van der Waals surface area (Å²) in [6.45, 7) is 5.51. The topological polar surface area (TPSA) is 83.3 Å². The van der Waals surface area contributed by atoms with Crippen molar-refractivity contribution < 1.29 is 18.0 Å². The molecule has 2 fully saturated rings. The third kappa shape index (κ3) is 4.98. The second kappa shape index (κ2) is 9.75. The highest BCUT2D eigenvalue weighted by Crippen LogP contribution is 2.30. The molecular weight excluding hydrogens is 473 g/mol. The van der Waals surface area contributed by atoms with Crippen LogP contribution in [0.2, 0.25) is 0 Å². The number of halogens is 3. The lowest BCUT2D eigenvalue weighted by atomic mass is 9.95. The Hall–Kier alpha value is -3.70. The Labute approximate surface area is 206 Å². The van der Waals surface area contributed by atoms with E-state index >= 15 is 0 Å². The molecule has 2 saturated heterocycles. The molecular formula is C24H27F3N8O. The van der Waals surface area contributed by atoms with Crippen LogP contribution in [0.25, 0.3) is 5.82 Å². The van der Waals surface area contributed by atoms with Crippen LogP contribution in [0.3, 0.4) is 0 Å². The number of anilines is 2. The molecule has 0 unspecified atom stereocenters. The molecule has 0 aliphatic carbocycles. The molecule has 0 radical (unpaired) electrons. The summed E-state index contributed by atoms with van der Waals surface area (Å²) in [6.07, 6.45) is 3.07. The Balaban J connectivity index is 1.13. The number of piperazine rings is 1. The normalized spacial score (nSPS) is 17.5. The lowest BCUT2D eigenvalue weighted by Crippen LogP contribution is -2.52. The lowest BCUT2D eigenvalue weighted by molar-refractivity contribution is -0.138. The predicted molar refractivity (Wildman–Crippen MR) is 127 cm³/mol. The highest BCUT2D eigenvalue weighted by molar-refractivity contribution is 5.79. The van der Waals surface area contributed by atoms with Gasteiger partial charge in [-0.3, -0.25) is 9.36 Å². The monoisotopic (exact) mass is 500 g/mol. The molecule has 9 nitrogen and oxygen atoms in total. The number of rotatable bonds is 4. The van der Waals surface area contributed by atoms with Crippen LogP contribution in [0.1, 0.15) is 24.2 Å². The number of amides is 1. The molecule has 0 N–H and O–H groups in total. The number of aromatic nitrogens is 5. The van der Waals surface area contributed by atoms with E-state index in [0.717, 1.165) is 55.7 Å². The van der Waals surface area contributed by atoms with E-state index in [2.05, 4.69) is 24.8 Å². The lowest BCUT2D eigenvalue weighted by Gasteiger charge is -2.39. The van der Waals surface area contributed by atoms with Gasteiger partial charge in [-0.2, -0.15) is 13.2 Å². The van der Waals surface area contributed by atoms with Crippen molar-refractivity contribution in [3.63, 3.8) is 0 Å². The molecule has 1 amide bonds. The molecule has 190 valence electrons. The molecule has 2 aliphatic rings. The van der Waals surface area contributed by atoms with Gasteiger partial charge in [-0.15, -0.1) is 0 Å². The van der Waals surface area contributed by atoms with E-state index in [1.807, 2.05) is 33.6 Å². The van der Waals surface area contributed by atoms with Gasteiger partial charge >= 0.3 is 6.18 Å². The first-order valence-corrected chi connectivity index (χ1v) is 11.9. The van der Waals surface area contributed by atoms with Gasteiger partial charge in [0.15, 0.2) is 0 Å². The van der Waals surface area contributed by atoms with Gasteiger partial charge in [0.2, 0.25) is 5.91 Å². The average Bonchev–Trinajstić information content (AvgIpc) is 3.34. The maximum Gasteiger partial charge on any atom is 0.417 e. The van der Waals surface area contributed by atoms with Gasteiger partial charge < -0.3 is 14.7 Å². The number of piperidine rings is 1. The third-order valence-electron chi connectivity index (χ3n) is 6.87. The van der Waals surface area contributed by atoms with E-state index in [4.69, 9.17) is 0 Å². The fourth-order valence-electron chi connectivity index (χ4n) is 4.77. The third-order valence-corrected chi connectivity index (χ3v) is 6.87. The second-order valence-electron chi connectivity index (χ2n) is 9.06. The summed E-state index contributed by atoms with van der Waals surface area (Å²) in [5, 5.41) is 0. The Morgan fingerprint density at radius 1 is 0.889 bits per heavy atom. The van der Waals surface area contributed by atoms with Gasteiger partial charge in [0.25, 0.3) is 0 Å². The zero-order chi connectivity index (χ0) is 25.3. The number of alkyl halides is 3. The molecule has 2 aliphatic heterocycles. The van der Waals surface area contributed by atoms with Gasteiger partial charge in [0.05, 0.1) is 5.56 Å². The Kier molecular flexibility index (Phi) is 6.50. The molecule has 12 heteroatoms. The number of pyridine rings is 1. The van der Waals surface area contributed by atoms with Gasteiger partial charge in [-0.1, -0.05) is 0 Å². The molecule has 5 rings (SSSR count). The van der Waals surface area contributed by atoms with Crippen molar-refractivity contribution in [2.45, 2.75) is 25.9 Å². The first-order chi connectivity index (χ1) is 17.3. The number of aryl methyl sites for hydroxylation is 1. The fraction of sp³-hybridized carbons (Fsp3) is 0.458. The van der Waals surface area contributed by atoms with Crippen LogP contribution < -0.4 is 9.80 Å². The van der Waals surface area contributed by atoms with Crippen molar-refractivity contribution in [2.24, 2.45) is 5.92 Å². The molecule has 36 heavy (non-hydrogen) atoms. The number of imidazole rings is 1. The summed E-state index contributed by atoms with van der Waals surface area (Å²) >= 11 is 0. The van der Waals surface area contributed by atoms with Crippen molar-refractivity contribution >= 4 is 17.5 Å². The largest absolute Gasteiger partial charge is 0.417 e. The van der Waals surface area contributed by atoms with E-state index in [9.17, 15) is 18.0 Å². The SMILES string of the molecule is Cc1nccn1-c1cc(N2CCC(C(=O)N3CCN(c4ccc(C(F)(F)F)cn4)CC3)CC2)ncn1. The van der Waals surface area contributed by atoms with E-state index in [-0.39, 0.29) is 11.8 Å². The van der Waals surface area contributed by atoms with Gasteiger partial charge in [-0.05, 0) is 31.9 Å². The number of nitrogens with zero attached hydrogens (tertiary/aromatic N) is 8. The zero-order valence-electron chi connectivity index (χ0n) is 19.9. The summed E-state index contributed by atoms with van der Waals surface area (Å²) in [6, 6.07) is 4.37. The van der Waals surface area contributed by atoms with Gasteiger partial charge in [0, 0.05) is 69.8 Å². The number of carbonyl (C=O) groups excluding carboxylic acids is 1. The summed E-state index contributed by atoms with van der Waals surface area (Å²) in [5.74, 6) is 3.03. The minimum Gasteiger partial charge on any atom is -0.356 e. The number of hydrogen-bond donors (Lipinski definition) is 0. The number of carbonyl (C=O) groups is 1. The van der Waals surface area contributed by atoms with Crippen molar-refractivity contribution in [2.75, 3.05) is 49.1 Å². The van der Waals surface area contributed by atoms with Crippen molar-refractivity contribution in [3.05, 3.63) is 54.5 Å². The first kappa shape index (κ1) is 24.0. The highest BCUT2D eigenvalue weighted by Gasteiger charge is 2.33. The van der Waals surface area contributed by atoms with E-state index in [1.54, 1.807) is 12.5 Å². The van der Waals surface area contributed by atoms with Crippen LogP contribution in [-0.2, 0) is 11.0 Å². The Bertz CT molecular complexity index is 1200. The maximum atomic E-state index is 13.2. The first-order valence-electron chi connectivity index (χ1n) is 11.9. The van der Waals surface area contributed by atoms with E-state index < -0.39 is 11.7 Å². The van der Waals surface area contributed by atoms with Crippen LogP contribution in [0.15, 0.2) is 43.1 Å². The van der Waals surface area contributed by atoms with Gasteiger partial charge in [-0.25, -0.2) is 19.9 Å². The molecule has 0 saturated carbocycles. The van der Waals surface area contributed by atoms with Crippen LogP contribution in [0, 0.1) is 12.8 Å². The molecule has 5 heterocycles. The van der Waals surface area contributed by atoms with Gasteiger partial charge in [0.1, 0.15) is 29.6 Å². The van der Waals surface area contributed by atoms with Crippen LogP contribution in [0.5, 0.6) is 0 Å². The van der Waals surface area contributed by atoms with E-state index in [1.165, 1.54) is 6.07 Å². The smallest absolute Gasteiger partial charge is 0.356 e. The number of hydrogen-bond acceptors (Lipinski definition) is 7. The van der Waals surface area contributed by atoms with Crippen molar-refractivity contribution in [1.29, 1.82) is 0 Å². The zero-order valence-corrected chi connectivity index (χ0v) is 19.9. The predicted octanol–water partition coefficient (Wildman–Crippen LogP) is 2.95. The Morgan fingerprint density at radius 3 is 2.19 bits per heavy atom. The molecule has 0 bridgehead atoms. The minimum absolute atomic E-state index is 0.0470. The van der Waals surface area contributed by atoms with Crippen molar-refractivity contribution in [3.8, 4) is 5.82 Å². The van der Waals surface area contributed by atoms with Crippen LogP contribution in [-0.4, -0.2) is 74.6 Å². The highest BCUT2D eigenvalue weighted by atomic mass is 19.4. The summed E-state index contributed by atoms with van der Waals surface area (Å²) in [4.78, 5) is 36.1.